The van der Waals surface area contributed by atoms with Gasteiger partial charge in [-0.25, -0.2) is 0 Å². The quantitative estimate of drug-likeness (QED) is 0.838. The molecule has 0 aliphatic carbocycles. The lowest BCUT2D eigenvalue weighted by Gasteiger charge is -2.29. The monoisotopic (exact) mass is 339 g/mol. The Kier molecular flexibility index (Phi) is 4.42. The molecule has 4 heterocycles. The fourth-order valence-corrected chi connectivity index (χ4v) is 4.04. The zero-order valence-corrected chi connectivity index (χ0v) is 14.8. The molecule has 4 rings (SSSR count). The van der Waals surface area contributed by atoms with Crippen LogP contribution in [0.4, 0.5) is 5.69 Å². The van der Waals surface area contributed by atoms with Crippen LogP contribution in [0.5, 0.6) is 0 Å². The lowest BCUT2D eigenvalue weighted by atomic mass is 9.94. The van der Waals surface area contributed by atoms with Crippen molar-refractivity contribution in [2.45, 2.75) is 32.7 Å². The summed E-state index contributed by atoms with van der Waals surface area (Å²) in [7, 11) is 0. The van der Waals surface area contributed by atoms with Crippen LogP contribution in [0.25, 0.3) is 0 Å². The maximum absolute atomic E-state index is 13.0. The number of carbonyl (C=O) groups is 1. The number of rotatable bonds is 2. The van der Waals surface area contributed by atoms with Gasteiger partial charge in [-0.1, -0.05) is 0 Å². The van der Waals surface area contributed by atoms with Gasteiger partial charge in [0, 0.05) is 75.0 Å². The molecule has 25 heavy (non-hydrogen) atoms. The lowest BCUT2D eigenvalue weighted by molar-refractivity contribution is -0.136. The molecule has 1 saturated heterocycles. The van der Waals surface area contributed by atoms with E-state index in [4.69, 9.17) is 0 Å². The number of pyridine rings is 1. The lowest BCUT2D eigenvalue weighted by Crippen LogP contribution is -2.41. The van der Waals surface area contributed by atoms with Crippen LogP contribution in [0.2, 0.25) is 0 Å². The highest BCUT2D eigenvalue weighted by Gasteiger charge is 2.29. The van der Waals surface area contributed by atoms with E-state index in [1.54, 1.807) is 0 Å². The summed E-state index contributed by atoms with van der Waals surface area (Å²) in [5.74, 6) is 0.430. The van der Waals surface area contributed by atoms with Gasteiger partial charge in [-0.3, -0.25) is 14.5 Å². The van der Waals surface area contributed by atoms with Crippen LogP contribution in [0.3, 0.4) is 0 Å². The van der Waals surface area contributed by atoms with Crippen molar-refractivity contribution in [2.24, 2.45) is 5.92 Å². The van der Waals surface area contributed by atoms with Crippen LogP contribution >= 0.6 is 0 Å². The molecule has 1 unspecified atom stereocenters. The highest BCUT2D eigenvalue weighted by molar-refractivity contribution is 5.79. The first-order valence-corrected chi connectivity index (χ1v) is 9.17. The van der Waals surface area contributed by atoms with Crippen molar-refractivity contribution >= 4 is 11.6 Å². The molecule has 6 heteroatoms. The molecule has 0 N–H and O–H groups in total. The summed E-state index contributed by atoms with van der Waals surface area (Å²) in [6.45, 7) is 6.50. The van der Waals surface area contributed by atoms with E-state index >= 15 is 0 Å². The maximum Gasteiger partial charge on any atom is 0.226 e. The molecule has 0 spiro atoms. The van der Waals surface area contributed by atoms with Crippen molar-refractivity contribution in [3.8, 4) is 0 Å². The third-order valence-corrected chi connectivity index (χ3v) is 5.44. The Morgan fingerprint density at radius 2 is 2.04 bits per heavy atom. The zero-order chi connectivity index (χ0) is 17.2. The molecular weight excluding hydrogens is 314 g/mol. The van der Waals surface area contributed by atoms with E-state index < -0.39 is 0 Å². The minimum atomic E-state index is 0.110. The van der Waals surface area contributed by atoms with Crippen molar-refractivity contribution in [3.63, 3.8) is 0 Å². The summed E-state index contributed by atoms with van der Waals surface area (Å²) in [5.41, 5.74) is 3.63. The molecule has 2 aliphatic heterocycles. The second-order valence-corrected chi connectivity index (χ2v) is 7.06. The third kappa shape index (κ3) is 3.25. The largest absolute Gasteiger partial charge is 0.369 e. The van der Waals surface area contributed by atoms with Crippen LogP contribution in [0.15, 0.2) is 30.7 Å². The second-order valence-electron chi connectivity index (χ2n) is 7.06. The van der Waals surface area contributed by atoms with Gasteiger partial charge in [-0.2, -0.15) is 5.10 Å². The van der Waals surface area contributed by atoms with Crippen molar-refractivity contribution in [1.82, 2.24) is 19.7 Å². The molecule has 2 aromatic rings. The number of amides is 1. The number of nitrogens with zero attached hydrogens (tertiary/aromatic N) is 5. The topological polar surface area (TPSA) is 54.3 Å². The molecule has 1 amide bonds. The molecule has 0 radical (unpaired) electrons. The first-order valence-electron chi connectivity index (χ1n) is 9.17. The summed E-state index contributed by atoms with van der Waals surface area (Å²) in [4.78, 5) is 21.7. The molecule has 2 aromatic heterocycles. The number of carbonyl (C=O) groups excluding carboxylic acids is 1. The first kappa shape index (κ1) is 16.1. The number of aryl methyl sites for hydroxylation is 2. The molecule has 0 bridgehead atoms. The normalized spacial score (nSPS) is 20.9. The number of anilines is 1. The molecule has 2 aliphatic rings. The van der Waals surface area contributed by atoms with Gasteiger partial charge < -0.3 is 9.80 Å². The van der Waals surface area contributed by atoms with E-state index in [2.05, 4.69) is 32.9 Å². The van der Waals surface area contributed by atoms with Crippen LogP contribution in [-0.2, 0) is 17.8 Å². The van der Waals surface area contributed by atoms with E-state index in [0.29, 0.717) is 5.91 Å². The average Bonchev–Trinajstić information content (AvgIpc) is 2.97. The Labute approximate surface area is 148 Å². The van der Waals surface area contributed by atoms with Gasteiger partial charge in [0.15, 0.2) is 0 Å². The summed E-state index contributed by atoms with van der Waals surface area (Å²) in [6, 6.07) is 4.12. The average molecular weight is 339 g/mol. The van der Waals surface area contributed by atoms with E-state index in [0.717, 1.165) is 52.0 Å². The Balaban J connectivity index is 1.41. The molecule has 0 aromatic carbocycles. The summed E-state index contributed by atoms with van der Waals surface area (Å²) >= 11 is 0. The van der Waals surface area contributed by atoms with Crippen LogP contribution in [0.1, 0.15) is 24.1 Å². The molecule has 1 fully saturated rings. The van der Waals surface area contributed by atoms with Gasteiger partial charge in [-0.05, 0) is 37.5 Å². The van der Waals surface area contributed by atoms with Crippen molar-refractivity contribution < 1.29 is 4.79 Å². The van der Waals surface area contributed by atoms with Gasteiger partial charge in [0.25, 0.3) is 0 Å². The predicted molar refractivity (Wildman–Crippen MR) is 96.4 cm³/mol. The Bertz CT molecular complexity index is 756. The summed E-state index contributed by atoms with van der Waals surface area (Å²) in [5, 5.41) is 4.31. The standard InChI is InChI=1S/C19H25N5O/c1-15-14-20-6-4-18(15)22-8-2-9-23(12-11-22)19(25)16-5-10-24-17(13-16)3-7-21-24/h3-4,6-7,14,16H,2,5,8-13H2,1H3. The van der Waals surface area contributed by atoms with Crippen LogP contribution in [-0.4, -0.2) is 51.8 Å². The van der Waals surface area contributed by atoms with E-state index in [-0.39, 0.29) is 5.92 Å². The predicted octanol–water partition coefficient (Wildman–Crippen LogP) is 1.89. The Morgan fingerprint density at radius 1 is 1.12 bits per heavy atom. The molecule has 0 saturated carbocycles. The van der Waals surface area contributed by atoms with E-state index in [1.807, 2.05) is 29.3 Å². The minimum Gasteiger partial charge on any atom is -0.369 e. The van der Waals surface area contributed by atoms with Crippen molar-refractivity contribution in [2.75, 3.05) is 31.1 Å². The fourth-order valence-electron chi connectivity index (χ4n) is 4.04. The number of fused-ring (bicyclic) bond motifs is 1. The van der Waals surface area contributed by atoms with Gasteiger partial charge in [0.1, 0.15) is 0 Å². The number of aromatic nitrogens is 3. The summed E-state index contributed by atoms with van der Waals surface area (Å²) in [6.07, 6.45) is 8.33. The molecule has 6 nitrogen and oxygen atoms in total. The molecule has 1 atom stereocenters. The Morgan fingerprint density at radius 3 is 2.92 bits per heavy atom. The highest BCUT2D eigenvalue weighted by Crippen LogP contribution is 2.24. The minimum absolute atomic E-state index is 0.110. The van der Waals surface area contributed by atoms with Gasteiger partial charge >= 0.3 is 0 Å². The SMILES string of the molecule is Cc1cnccc1N1CCCN(C(=O)C2CCn3nccc3C2)CC1. The van der Waals surface area contributed by atoms with Crippen molar-refractivity contribution in [3.05, 3.63) is 42.0 Å². The maximum atomic E-state index is 13.0. The van der Waals surface area contributed by atoms with E-state index in [9.17, 15) is 4.79 Å². The van der Waals surface area contributed by atoms with Gasteiger partial charge in [0.05, 0.1) is 0 Å². The fraction of sp³-hybridized carbons (Fsp3) is 0.526. The van der Waals surface area contributed by atoms with Crippen LogP contribution in [0, 0.1) is 12.8 Å². The second kappa shape index (κ2) is 6.86. The number of hydrogen-bond acceptors (Lipinski definition) is 4. The van der Waals surface area contributed by atoms with Gasteiger partial charge in [0.2, 0.25) is 5.91 Å². The van der Waals surface area contributed by atoms with Crippen LogP contribution < -0.4 is 4.90 Å². The first-order chi connectivity index (χ1) is 12.2. The summed E-state index contributed by atoms with van der Waals surface area (Å²) < 4.78 is 2.03. The number of hydrogen-bond donors (Lipinski definition) is 0. The zero-order valence-electron chi connectivity index (χ0n) is 14.8. The van der Waals surface area contributed by atoms with E-state index in [1.165, 1.54) is 16.9 Å². The molecule has 132 valence electrons. The van der Waals surface area contributed by atoms with Gasteiger partial charge in [-0.15, -0.1) is 0 Å². The molecular formula is C19H25N5O. The Hall–Kier alpha value is -2.37. The third-order valence-electron chi connectivity index (χ3n) is 5.44. The highest BCUT2D eigenvalue weighted by atomic mass is 16.2. The smallest absolute Gasteiger partial charge is 0.226 e. The van der Waals surface area contributed by atoms with Crippen molar-refractivity contribution in [1.29, 1.82) is 0 Å².